The minimum absolute atomic E-state index is 0.0639. The van der Waals surface area contributed by atoms with E-state index in [9.17, 15) is 14.4 Å². The van der Waals surface area contributed by atoms with Crippen molar-refractivity contribution in [3.63, 3.8) is 0 Å². The van der Waals surface area contributed by atoms with Crippen LogP contribution in [-0.4, -0.2) is 34.6 Å². The molecular weight excluding hydrogens is 298 g/mol. The number of rotatable bonds is 6. The van der Waals surface area contributed by atoms with Crippen molar-refractivity contribution in [1.29, 1.82) is 0 Å². The van der Waals surface area contributed by atoms with Crippen molar-refractivity contribution in [2.24, 2.45) is 0 Å². The van der Waals surface area contributed by atoms with Gasteiger partial charge in [0.25, 0.3) is 11.5 Å². The van der Waals surface area contributed by atoms with Crippen LogP contribution in [0.15, 0.2) is 53.5 Å². The first kappa shape index (κ1) is 16.3. The molecule has 7 heteroatoms. The summed E-state index contributed by atoms with van der Waals surface area (Å²) in [6.07, 6.45) is 1.54. The van der Waals surface area contributed by atoms with E-state index < -0.39 is 0 Å². The Balaban J connectivity index is 1.72. The Kier molecular flexibility index (Phi) is 5.51. The van der Waals surface area contributed by atoms with Gasteiger partial charge in [0.1, 0.15) is 12.3 Å². The molecule has 0 saturated carbocycles. The number of pyridine rings is 1. The predicted octanol–water partition coefficient (Wildman–Crippen LogP) is 0.100. The molecule has 0 bridgehead atoms. The van der Waals surface area contributed by atoms with Gasteiger partial charge in [0, 0.05) is 30.9 Å². The number of hydrogen-bond donors (Lipinski definition) is 3. The van der Waals surface area contributed by atoms with Gasteiger partial charge < -0.3 is 20.3 Å². The van der Waals surface area contributed by atoms with Crippen LogP contribution < -0.4 is 16.2 Å². The van der Waals surface area contributed by atoms with Crippen molar-refractivity contribution in [2.45, 2.75) is 6.54 Å². The van der Waals surface area contributed by atoms with E-state index in [1.165, 1.54) is 41.1 Å². The van der Waals surface area contributed by atoms with E-state index in [1.807, 2.05) is 0 Å². The second kappa shape index (κ2) is 7.79. The molecule has 120 valence electrons. The quantitative estimate of drug-likeness (QED) is 0.658. The second-order valence-electron chi connectivity index (χ2n) is 4.82. The molecule has 1 heterocycles. The number of aromatic hydroxyl groups is 1. The van der Waals surface area contributed by atoms with Crippen molar-refractivity contribution in [1.82, 2.24) is 15.2 Å². The lowest BCUT2D eigenvalue weighted by Crippen LogP contribution is -2.37. The molecule has 7 nitrogen and oxygen atoms in total. The van der Waals surface area contributed by atoms with Crippen molar-refractivity contribution < 1.29 is 14.7 Å². The van der Waals surface area contributed by atoms with Crippen LogP contribution in [0.5, 0.6) is 5.75 Å². The Morgan fingerprint density at radius 1 is 1.00 bits per heavy atom. The molecule has 0 unspecified atom stereocenters. The van der Waals surface area contributed by atoms with E-state index in [-0.39, 0.29) is 42.8 Å². The standard InChI is InChI=1S/C16H17N3O4/c20-13-6-4-12(5-7-13)16(23)18-9-8-17-14(21)11-19-10-2-1-3-15(19)22/h1-7,10,20H,8-9,11H2,(H,17,21)(H,18,23). The highest BCUT2D eigenvalue weighted by Crippen LogP contribution is 2.09. The SMILES string of the molecule is O=C(Cn1ccccc1=O)NCCNC(=O)c1ccc(O)cc1. The molecule has 0 aliphatic rings. The van der Waals surface area contributed by atoms with E-state index in [1.54, 1.807) is 12.1 Å². The minimum Gasteiger partial charge on any atom is -0.508 e. The summed E-state index contributed by atoms with van der Waals surface area (Å²) >= 11 is 0. The number of phenolic OH excluding ortho intramolecular Hbond substituents is 1. The molecule has 0 atom stereocenters. The summed E-state index contributed by atoms with van der Waals surface area (Å²) < 4.78 is 1.30. The molecule has 0 saturated heterocycles. The lowest BCUT2D eigenvalue weighted by Gasteiger charge is -2.08. The van der Waals surface area contributed by atoms with Crippen LogP contribution in [0.1, 0.15) is 10.4 Å². The van der Waals surface area contributed by atoms with E-state index >= 15 is 0 Å². The van der Waals surface area contributed by atoms with Crippen LogP contribution in [0.25, 0.3) is 0 Å². The van der Waals surface area contributed by atoms with Gasteiger partial charge >= 0.3 is 0 Å². The topological polar surface area (TPSA) is 100 Å². The van der Waals surface area contributed by atoms with Gasteiger partial charge in [0.2, 0.25) is 5.91 Å². The van der Waals surface area contributed by atoms with E-state index in [0.29, 0.717) is 5.56 Å². The maximum absolute atomic E-state index is 11.8. The molecule has 2 rings (SSSR count). The fraction of sp³-hybridized carbons (Fsp3) is 0.188. The minimum atomic E-state index is -0.308. The zero-order chi connectivity index (χ0) is 16.7. The molecule has 0 aliphatic heterocycles. The highest BCUT2D eigenvalue weighted by Gasteiger charge is 2.06. The van der Waals surface area contributed by atoms with Gasteiger partial charge in [-0.1, -0.05) is 6.07 Å². The van der Waals surface area contributed by atoms with Gasteiger partial charge in [-0.25, -0.2) is 0 Å². The summed E-state index contributed by atoms with van der Waals surface area (Å²) in [5.74, 6) is -0.513. The van der Waals surface area contributed by atoms with Gasteiger partial charge in [-0.05, 0) is 30.3 Å². The summed E-state index contributed by atoms with van der Waals surface area (Å²) in [4.78, 5) is 35.0. The average Bonchev–Trinajstić information content (AvgIpc) is 2.54. The molecule has 0 fully saturated rings. The molecule has 0 aliphatic carbocycles. The Labute approximate surface area is 132 Å². The molecule has 0 spiro atoms. The number of aromatic nitrogens is 1. The molecule has 0 radical (unpaired) electrons. The van der Waals surface area contributed by atoms with Crippen LogP contribution in [-0.2, 0) is 11.3 Å². The fourth-order valence-electron chi connectivity index (χ4n) is 1.89. The zero-order valence-corrected chi connectivity index (χ0v) is 12.4. The largest absolute Gasteiger partial charge is 0.508 e. The average molecular weight is 315 g/mol. The summed E-state index contributed by atoms with van der Waals surface area (Å²) in [7, 11) is 0. The smallest absolute Gasteiger partial charge is 0.251 e. The third-order valence-corrected chi connectivity index (χ3v) is 3.08. The van der Waals surface area contributed by atoms with Gasteiger partial charge in [0.05, 0.1) is 0 Å². The normalized spacial score (nSPS) is 10.1. The number of carbonyl (C=O) groups excluding carboxylic acids is 2. The number of phenols is 1. The number of nitrogens with one attached hydrogen (secondary N) is 2. The van der Waals surface area contributed by atoms with Crippen molar-refractivity contribution in [2.75, 3.05) is 13.1 Å². The summed E-state index contributed by atoms with van der Waals surface area (Å²) in [5, 5.41) is 14.4. The number of benzene rings is 1. The molecule has 2 aromatic rings. The van der Waals surface area contributed by atoms with Crippen LogP contribution in [0.4, 0.5) is 0 Å². The van der Waals surface area contributed by atoms with Gasteiger partial charge in [-0.2, -0.15) is 0 Å². The Hall–Kier alpha value is -3.09. The maximum Gasteiger partial charge on any atom is 0.251 e. The number of nitrogens with zero attached hydrogens (tertiary/aromatic N) is 1. The van der Waals surface area contributed by atoms with Crippen molar-refractivity contribution in [3.05, 3.63) is 64.6 Å². The first-order valence-electron chi connectivity index (χ1n) is 7.05. The third-order valence-electron chi connectivity index (χ3n) is 3.08. The predicted molar refractivity (Wildman–Crippen MR) is 84.2 cm³/mol. The first-order valence-corrected chi connectivity index (χ1v) is 7.05. The molecule has 2 amide bonds. The van der Waals surface area contributed by atoms with Crippen LogP contribution in [0.3, 0.4) is 0 Å². The lowest BCUT2D eigenvalue weighted by molar-refractivity contribution is -0.121. The van der Waals surface area contributed by atoms with Crippen LogP contribution >= 0.6 is 0 Å². The van der Waals surface area contributed by atoms with E-state index in [2.05, 4.69) is 10.6 Å². The zero-order valence-electron chi connectivity index (χ0n) is 12.4. The maximum atomic E-state index is 11.8. The Bertz CT molecular complexity index is 737. The first-order chi connectivity index (χ1) is 11.1. The van der Waals surface area contributed by atoms with Gasteiger partial charge in [0.15, 0.2) is 0 Å². The summed E-state index contributed by atoms with van der Waals surface area (Å²) in [6.45, 7) is 0.449. The molecule has 23 heavy (non-hydrogen) atoms. The van der Waals surface area contributed by atoms with Crippen molar-refractivity contribution in [3.8, 4) is 5.75 Å². The highest BCUT2D eigenvalue weighted by atomic mass is 16.3. The van der Waals surface area contributed by atoms with Crippen LogP contribution in [0.2, 0.25) is 0 Å². The highest BCUT2D eigenvalue weighted by molar-refractivity contribution is 5.94. The summed E-state index contributed by atoms with van der Waals surface area (Å²) in [6, 6.07) is 10.5. The molecule has 3 N–H and O–H groups in total. The van der Waals surface area contributed by atoms with E-state index in [0.717, 1.165) is 0 Å². The molecular formula is C16H17N3O4. The monoisotopic (exact) mass is 315 g/mol. The third kappa shape index (κ3) is 4.99. The summed E-state index contributed by atoms with van der Waals surface area (Å²) in [5.41, 5.74) is 0.174. The van der Waals surface area contributed by atoms with Crippen LogP contribution in [0, 0.1) is 0 Å². The number of carbonyl (C=O) groups is 2. The fourth-order valence-corrected chi connectivity index (χ4v) is 1.89. The Morgan fingerprint density at radius 2 is 1.70 bits per heavy atom. The van der Waals surface area contributed by atoms with Gasteiger partial charge in [-0.3, -0.25) is 14.4 Å². The lowest BCUT2D eigenvalue weighted by atomic mass is 10.2. The van der Waals surface area contributed by atoms with Crippen molar-refractivity contribution >= 4 is 11.8 Å². The van der Waals surface area contributed by atoms with E-state index in [4.69, 9.17) is 5.11 Å². The second-order valence-corrected chi connectivity index (χ2v) is 4.82. The number of hydrogen-bond acceptors (Lipinski definition) is 4. The Morgan fingerprint density at radius 3 is 2.39 bits per heavy atom. The van der Waals surface area contributed by atoms with Gasteiger partial charge in [-0.15, -0.1) is 0 Å². The molecule has 1 aromatic carbocycles. The molecule has 1 aromatic heterocycles. The number of amides is 2.